The topological polar surface area (TPSA) is 97.8 Å². The van der Waals surface area contributed by atoms with Crippen molar-refractivity contribution in [3.63, 3.8) is 0 Å². The molecule has 162 valence electrons. The molecule has 0 aliphatic carbocycles. The number of carbonyl (C=O) groups excluding carboxylic acids is 1. The summed E-state index contributed by atoms with van der Waals surface area (Å²) in [7, 11) is 3.14. The van der Waals surface area contributed by atoms with Crippen molar-refractivity contribution >= 4 is 11.6 Å². The highest BCUT2D eigenvalue weighted by Gasteiger charge is 2.12. The van der Waals surface area contributed by atoms with Crippen LogP contribution in [0.3, 0.4) is 0 Å². The van der Waals surface area contributed by atoms with Gasteiger partial charge in [-0.25, -0.2) is 5.43 Å². The van der Waals surface area contributed by atoms with Crippen LogP contribution in [0.25, 0.3) is 11.3 Å². The molecule has 1 aromatic heterocycles. The second-order valence-electron chi connectivity index (χ2n) is 6.75. The zero-order chi connectivity index (χ0) is 22.2. The molecule has 0 saturated carbocycles. The number of methoxy groups -OCH3 is 2. The maximum Gasteiger partial charge on any atom is 0.289 e. The molecule has 8 heteroatoms. The van der Waals surface area contributed by atoms with E-state index in [1.54, 1.807) is 39.3 Å². The fraction of sp³-hybridized carbons (Fsp3) is 0.261. The van der Waals surface area contributed by atoms with E-state index in [0.29, 0.717) is 35.2 Å². The zero-order valence-electron chi connectivity index (χ0n) is 18.1. The number of ether oxygens (including phenoxy) is 3. The van der Waals surface area contributed by atoms with Gasteiger partial charge in [-0.15, -0.1) is 0 Å². The number of benzene rings is 2. The van der Waals surface area contributed by atoms with E-state index >= 15 is 0 Å². The average Bonchev–Trinajstić information content (AvgIpc) is 3.31. The lowest BCUT2D eigenvalue weighted by Crippen LogP contribution is -2.19. The monoisotopic (exact) mass is 422 g/mol. The highest BCUT2D eigenvalue weighted by Crippen LogP contribution is 2.27. The van der Waals surface area contributed by atoms with Gasteiger partial charge in [-0.1, -0.05) is 6.92 Å². The van der Waals surface area contributed by atoms with Crippen molar-refractivity contribution in [1.29, 1.82) is 0 Å². The van der Waals surface area contributed by atoms with E-state index in [1.165, 1.54) is 0 Å². The lowest BCUT2D eigenvalue weighted by molar-refractivity contribution is 0.0950. The normalized spacial score (nSPS) is 11.2. The molecule has 0 aliphatic heterocycles. The van der Waals surface area contributed by atoms with Crippen LogP contribution < -0.4 is 19.6 Å². The van der Waals surface area contributed by atoms with Crippen molar-refractivity contribution < 1.29 is 19.0 Å². The van der Waals surface area contributed by atoms with Crippen molar-refractivity contribution in [3.05, 3.63) is 59.8 Å². The molecule has 8 nitrogen and oxygen atoms in total. The van der Waals surface area contributed by atoms with E-state index < -0.39 is 0 Å². The minimum atomic E-state index is -0.388. The number of aromatic nitrogens is 2. The fourth-order valence-electron chi connectivity index (χ4n) is 2.85. The molecule has 3 rings (SSSR count). The van der Waals surface area contributed by atoms with Crippen molar-refractivity contribution in [2.45, 2.75) is 20.3 Å². The SMILES string of the molecule is CCCOc1ccc(-c2cc(C(=O)NN=C(C)c3ccc(OC)c(OC)c3)[nH]n2)cc1. The Labute approximate surface area is 181 Å². The van der Waals surface area contributed by atoms with E-state index in [4.69, 9.17) is 14.2 Å². The van der Waals surface area contributed by atoms with E-state index in [1.807, 2.05) is 30.3 Å². The number of carbonyl (C=O) groups is 1. The number of aromatic amines is 1. The first-order chi connectivity index (χ1) is 15.0. The van der Waals surface area contributed by atoms with Gasteiger partial charge in [-0.2, -0.15) is 10.2 Å². The Morgan fingerprint density at radius 3 is 2.48 bits per heavy atom. The number of nitrogens with zero attached hydrogens (tertiary/aromatic N) is 2. The third-order valence-electron chi connectivity index (χ3n) is 4.57. The predicted octanol–water partition coefficient (Wildman–Crippen LogP) is 4.04. The van der Waals surface area contributed by atoms with Crippen LogP contribution in [-0.2, 0) is 0 Å². The molecule has 0 atom stereocenters. The molecule has 31 heavy (non-hydrogen) atoms. The third-order valence-corrected chi connectivity index (χ3v) is 4.57. The largest absolute Gasteiger partial charge is 0.494 e. The van der Waals surface area contributed by atoms with E-state index in [9.17, 15) is 4.79 Å². The Kier molecular flexibility index (Phi) is 7.26. The first-order valence-corrected chi connectivity index (χ1v) is 9.91. The minimum absolute atomic E-state index is 0.310. The third kappa shape index (κ3) is 5.42. The van der Waals surface area contributed by atoms with Crippen LogP contribution in [-0.4, -0.2) is 42.6 Å². The summed E-state index contributed by atoms with van der Waals surface area (Å²) in [5, 5.41) is 11.2. The van der Waals surface area contributed by atoms with Crippen molar-refractivity contribution in [2.75, 3.05) is 20.8 Å². The standard InChI is InChI=1S/C23H26N4O4/c1-5-12-31-18-9-6-16(7-10-18)19-14-20(26-25-19)23(28)27-24-15(2)17-8-11-21(29-3)22(13-17)30-4/h6-11,13-14H,5,12H2,1-4H3,(H,25,26)(H,27,28). The summed E-state index contributed by atoms with van der Waals surface area (Å²) in [6, 6.07) is 14.7. The van der Waals surface area contributed by atoms with Crippen LogP contribution in [0, 0.1) is 0 Å². The van der Waals surface area contributed by atoms with Crippen LogP contribution in [0.1, 0.15) is 36.3 Å². The van der Waals surface area contributed by atoms with E-state index in [-0.39, 0.29) is 5.91 Å². The molecular weight excluding hydrogens is 396 g/mol. The van der Waals surface area contributed by atoms with Crippen molar-refractivity contribution in [2.24, 2.45) is 5.10 Å². The summed E-state index contributed by atoms with van der Waals surface area (Å²) in [5.41, 5.74) is 5.82. The Balaban J connectivity index is 1.67. The summed E-state index contributed by atoms with van der Waals surface area (Å²) in [6.07, 6.45) is 0.952. The Bertz CT molecular complexity index is 1060. The van der Waals surface area contributed by atoms with Gasteiger partial charge >= 0.3 is 0 Å². The number of nitrogens with one attached hydrogen (secondary N) is 2. The summed E-state index contributed by atoms with van der Waals surface area (Å²) in [5.74, 6) is 1.63. The second kappa shape index (κ2) is 10.3. The van der Waals surface area contributed by atoms with Crippen molar-refractivity contribution in [3.8, 4) is 28.5 Å². The number of rotatable bonds is 9. The molecule has 0 unspecified atom stereocenters. The van der Waals surface area contributed by atoms with Crippen LogP contribution in [0.5, 0.6) is 17.2 Å². The summed E-state index contributed by atoms with van der Waals surface area (Å²) < 4.78 is 16.1. The smallest absolute Gasteiger partial charge is 0.289 e. The summed E-state index contributed by atoms with van der Waals surface area (Å²) >= 11 is 0. The van der Waals surface area contributed by atoms with Crippen LogP contribution in [0.15, 0.2) is 53.6 Å². The Morgan fingerprint density at radius 1 is 1.06 bits per heavy atom. The van der Waals surface area contributed by atoms with Crippen LogP contribution >= 0.6 is 0 Å². The minimum Gasteiger partial charge on any atom is -0.494 e. The first kappa shape index (κ1) is 21.9. The predicted molar refractivity (Wildman–Crippen MR) is 119 cm³/mol. The summed E-state index contributed by atoms with van der Waals surface area (Å²) in [6.45, 7) is 4.53. The second-order valence-corrected chi connectivity index (χ2v) is 6.75. The van der Waals surface area contributed by atoms with Gasteiger partial charge in [0.05, 0.1) is 32.2 Å². The highest BCUT2D eigenvalue weighted by molar-refractivity contribution is 6.01. The maximum atomic E-state index is 12.5. The van der Waals surface area contributed by atoms with Gasteiger partial charge in [0.15, 0.2) is 11.5 Å². The molecule has 0 bridgehead atoms. The molecule has 0 saturated heterocycles. The molecule has 2 aromatic carbocycles. The fourth-order valence-corrected chi connectivity index (χ4v) is 2.85. The molecular formula is C23H26N4O4. The van der Waals surface area contributed by atoms with Gasteiger partial charge in [0.2, 0.25) is 0 Å². The van der Waals surface area contributed by atoms with Gasteiger partial charge in [-0.3, -0.25) is 9.89 Å². The molecule has 3 aromatic rings. The summed E-state index contributed by atoms with van der Waals surface area (Å²) in [4.78, 5) is 12.5. The molecule has 2 N–H and O–H groups in total. The maximum absolute atomic E-state index is 12.5. The highest BCUT2D eigenvalue weighted by atomic mass is 16.5. The Hall–Kier alpha value is -3.81. The van der Waals surface area contributed by atoms with Gasteiger partial charge < -0.3 is 14.2 Å². The lowest BCUT2D eigenvalue weighted by atomic mass is 10.1. The first-order valence-electron chi connectivity index (χ1n) is 9.91. The van der Waals surface area contributed by atoms with Crippen LogP contribution in [0.2, 0.25) is 0 Å². The quantitative estimate of drug-likeness (QED) is 0.401. The molecule has 1 heterocycles. The van der Waals surface area contributed by atoms with Crippen molar-refractivity contribution in [1.82, 2.24) is 15.6 Å². The number of hydrazone groups is 1. The Morgan fingerprint density at radius 2 is 1.81 bits per heavy atom. The van der Waals surface area contributed by atoms with Crippen LogP contribution in [0.4, 0.5) is 0 Å². The molecule has 0 aliphatic rings. The molecule has 1 amide bonds. The number of H-pyrrole nitrogens is 1. The number of hydrogen-bond donors (Lipinski definition) is 2. The van der Waals surface area contributed by atoms with Gasteiger partial charge in [0.1, 0.15) is 11.4 Å². The number of amides is 1. The van der Waals surface area contributed by atoms with Gasteiger partial charge in [-0.05, 0) is 61.9 Å². The zero-order valence-corrected chi connectivity index (χ0v) is 18.1. The van der Waals surface area contributed by atoms with E-state index in [2.05, 4.69) is 27.6 Å². The molecule has 0 radical (unpaired) electrons. The van der Waals surface area contributed by atoms with E-state index in [0.717, 1.165) is 23.3 Å². The van der Waals surface area contributed by atoms with Gasteiger partial charge in [0, 0.05) is 11.1 Å². The number of hydrogen-bond acceptors (Lipinski definition) is 6. The molecule has 0 fully saturated rings. The average molecular weight is 422 g/mol. The molecule has 0 spiro atoms. The van der Waals surface area contributed by atoms with Gasteiger partial charge in [0.25, 0.3) is 5.91 Å². The lowest BCUT2D eigenvalue weighted by Gasteiger charge is -2.09.